The van der Waals surface area contributed by atoms with Crippen LogP contribution in [0.15, 0.2) is 11.8 Å². The number of piperidine rings is 1. The van der Waals surface area contributed by atoms with E-state index in [4.69, 9.17) is 9.97 Å². The maximum absolute atomic E-state index is 4.77. The molecule has 2 aliphatic heterocycles. The van der Waals surface area contributed by atoms with Crippen molar-refractivity contribution in [2.75, 3.05) is 11.4 Å². The average molecular weight is 266 g/mol. The van der Waals surface area contributed by atoms with E-state index in [1.807, 2.05) is 13.8 Å². The molecule has 4 rings (SSSR count). The number of allylic oxidation sites excluding steroid dienone is 2. The van der Waals surface area contributed by atoms with Crippen LogP contribution < -0.4 is 4.90 Å². The summed E-state index contributed by atoms with van der Waals surface area (Å²) in [4.78, 5) is 16.5. The highest BCUT2D eigenvalue weighted by atomic mass is 15.2. The minimum Gasteiger partial charge on any atom is -0.329 e. The zero-order chi connectivity index (χ0) is 13.9. The van der Waals surface area contributed by atoms with Gasteiger partial charge in [0.1, 0.15) is 11.6 Å². The first-order valence-corrected chi connectivity index (χ1v) is 7.29. The summed E-state index contributed by atoms with van der Waals surface area (Å²) in [7, 11) is 0. The molecule has 102 valence electrons. The Morgan fingerprint density at radius 1 is 1.05 bits per heavy atom. The number of rotatable bonds is 0. The molecule has 2 aromatic heterocycles. The molecule has 4 nitrogen and oxygen atoms in total. The summed E-state index contributed by atoms with van der Waals surface area (Å²) in [5.41, 5.74) is 5.85. The van der Waals surface area contributed by atoms with Gasteiger partial charge in [0.25, 0.3) is 0 Å². The molecule has 0 spiro atoms. The largest absolute Gasteiger partial charge is 0.329 e. The molecular formula is C16H18N4. The Balaban J connectivity index is 2.14. The molecular weight excluding hydrogens is 248 g/mol. The third-order valence-corrected chi connectivity index (χ3v) is 4.32. The molecule has 0 N–H and O–H groups in total. The van der Waals surface area contributed by atoms with E-state index in [-0.39, 0.29) is 0 Å². The molecule has 1 saturated heterocycles. The van der Waals surface area contributed by atoms with Gasteiger partial charge < -0.3 is 4.90 Å². The van der Waals surface area contributed by atoms with E-state index in [1.54, 1.807) is 0 Å². The summed E-state index contributed by atoms with van der Waals surface area (Å²) in [6.45, 7) is 7.27. The van der Waals surface area contributed by atoms with Crippen LogP contribution in [-0.4, -0.2) is 21.5 Å². The van der Waals surface area contributed by atoms with Crippen LogP contribution in [0.1, 0.15) is 43.4 Å². The molecule has 0 bridgehead atoms. The zero-order valence-corrected chi connectivity index (χ0v) is 12.2. The Morgan fingerprint density at radius 2 is 1.90 bits per heavy atom. The molecule has 1 fully saturated rings. The first-order chi connectivity index (χ1) is 9.65. The van der Waals surface area contributed by atoms with Gasteiger partial charge in [0, 0.05) is 17.9 Å². The van der Waals surface area contributed by atoms with Gasteiger partial charge in [-0.25, -0.2) is 9.97 Å². The number of anilines is 1. The molecule has 0 atom stereocenters. The molecule has 0 aromatic carbocycles. The molecule has 2 aromatic rings. The van der Waals surface area contributed by atoms with Crippen LogP contribution in [0.4, 0.5) is 5.82 Å². The van der Waals surface area contributed by atoms with Crippen LogP contribution >= 0.6 is 0 Å². The van der Waals surface area contributed by atoms with E-state index in [1.165, 1.54) is 24.1 Å². The van der Waals surface area contributed by atoms with Gasteiger partial charge in [-0.05, 0) is 51.7 Å². The fourth-order valence-electron chi connectivity index (χ4n) is 3.43. The van der Waals surface area contributed by atoms with Crippen molar-refractivity contribution in [3.8, 4) is 0 Å². The van der Waals surface area contributed by atoms with Crippen molar-refractivity contribution >= 4 is 22.3 Å². The average Bonchev–Trinajstić information content (AvgIpc) is 2.43. The minimum atomic E-state index is 0.841. The molecule has 0 aliphatic carbocycles. The summed E-state index contributed by atoms with van der Waals surface area (Å²) in [5, 5.41) is 1.13. The van der Waals surface area contributed by atoms with Crippen LogP contribution in [0.3, 0.4) is 0 Å². The molecule has 4 heteroatoms. The first-order valence-electron chi connectivity index (χ1n) is 7.29. The summed E-state index contributed by atoms with van der Waals surface area (Å²) in [6.07, 6.45) is 3.62. The standard InChI is InChI=1S/C16H18N4/c1-9-8-12-14-15(17-9)10(2)13-6-4-5-7-20(13)16(14)19-11(3)18-12/h8H,4-7H2,1-3H3. The smallest absolute Gasteiger partial charge is 0.146 e. The number of aryl methyl sites for hydroxylation is 2. The van der Waals surface area contributed by atoms with Crippen LogP contribution in [-0.2, 0) is 0 Å². The Kier molecular flexibility index (Phi) is 2.37. The second kappa shape index (κ2) is 4.01. The normalized spacial score (nSPS) is 17.6. The van der Waals surface area contributed by atoms with Gasteiger partial charge in [-0.1, -0.05) is 0 Å². The topological polar surface area (TPSA) is 41.9 Å². The number of hydrogen-bond acceptors (Lipinski definition) is 4. The summed E-state index contributed by atoms with van der Waals surface area (Å²) < 4.78 is 0. The Morgan fingerprint density at radius 3 is 2.75 bits per heavy atom. The van der Waals surface area contributed by atoms with Crippen molar-refractivity contribution in [3.05, 3.63) is 29.0 Å². The van der Waals surface area contributed by atoms with Crippen molar-refractivity contribution in [2.24, 2.45) is 0 Å². The third-order valence-electron chi connectivity index (χ3n) is 4.32. The summed E-state index contributed by atoms with van der Waals surface area (Å²) in [5.74, 6) is 1.91. The minimum absolute atomic E-state index is 0.841. The van der Waals surface area contributed by atoms with E-state index in [0.717, 1.165) is 46.9 Å². The van der Waals surface area contributed by atoms with Gasteiger partial charge in [0.2, 0.25) is 0 Å². The summed E-state index contributed by atoms with van der Waals surface area (Å²) in [6, 6.07) is 2.07. The highest BCUT2D eigenvalue weighted by molar-refractivity contribution is 6.02. The Hall–Kier alpha value is -1.97. The fraction of sp³-hybridized carbons (Fsp3) is 0.438. The van der Waals surface area contributed by atoms with Gasteiger partial charge in [-0.2, -0.15) is 0 Å². The van der Waals surface area contributed by atoms with Gasteiger partial charge in [-0.15, -0.1) is 0 Å². The van der Waals surface area contributed by atoms with Gasteiger partial charge in [0.15, 0.2) is 0 Å². The number of aromatic nitrogens is 3. The molecule has 0 unspecified atom stereocenters. The van der Waals surface area contributed by atoms with Crippen molar-refractivity contribution in [1.29, 1.82) is 0 Å². The number of fused-ring (bicyclic) bond motifs is 2. The maximum atomic E-state index is 4.77. The summed E-state index contributed by atoms with van der Waals surface area (Å²) >= 11 is 0. The second-order valence-corrected chi connectivity index (χ2v) is 5.78. The van der Waals surface area contributed by atoms with E-state index < -0.39 is 0 Å². The molecule has 0 saturated carbocycles. The first kappa shape index (κ1) is 11.8. The SMILES string of the molecule is CC1=C2CCCCN2c2nc(C)nc3cc(C)nc1c23. The predicted molar refractivity (Wildman–Crippen MR) is 80.6 cm³/mol. The Labute approximate surface area is 118 Å². The highest BCUT2D eigenvalue weighted by Crippen LogP contribution is 2.42. The van der Waals surface area contributed by atoms with Gasteiger partial charge in [0.05, 0.1) is 16.6 Å². The van der Waals surface area contributed by atoms with Gasteiger partial charge >= 0.3 is 0 Å². The highest BCUT2D eigenvalue weighted by Gasteiger charge is 2.29. The number of hydrogen-bond donors (Lipinski definition) is 0. The molecule has 0 radical (unpaired) electrons. The quantitative estimate of drug-likeness (QED) is 0.733. The van der Waals surface area contributed by atoms with Crippen molar-refractivity contribution in [3.63, 3.8) is 0 Å². The second-order valence-electron chi connectivity index (χ2n) is 5.78. The van der Waals surface area contributed by atoms with E-state index >= 15 is 0 Å². The van der Waals surface area contributed by atoms with Crippen LogP contribution in [0.25, 0.3) is 16.5 Å². The van der Waals surface area contributed by atoms with Crippen LogP contribution in [0.5, 0.6) is 0 Å². The van der Waals surface area contributed by atoms with Crippen LogP contribution in [0.2, 0.25) is 0 Å². The van der Waals surface area contributed by atoms with Crippen molar-refractivity contribution < 1.29 is 0 Å². The van der Waals surface area contributed by atoms with E-state index in [2.05, 4.69) is 22.9 Å². The Bertz CT molecular complexity index is 755. The lowest BCUT2D eigenvalue weighted by Crippen LogP contribution is -2.32. The molecule has 20 heavy (non-hydrogen) atoms. The number of pyridine rings is 1. The van der Waals surface area contributed by atoms with Crippen molar-refractivity contribution in [1.82, 2.24) is 15.0 Å². The third kappa shape index (κ3) is 1.51. The van der Waals surface area contributed by atoms with E-state index in [9.17, 15) is 0 Å². The van der Waals surface area contributed by atoms with Gasteiger partial charge in [-0.3, -0.25) is 4.98 Å². The number of nitrogens with zero attached hydrogens (tertiary/aromatic N) is 4. The lowest BCUT2D eigenvalue weighted by molar-refractivity contribution is 0.634. The molecule has 2 aliphatic rings. The van der Waals surface area contributed by atoms with Crippen molar-refractivity contribution in [2.45, 2.75) is 40.0 Å². The monoisotopic (exact) mass is 266 g/mol. The molecule has 0 amide bonds. The lowest BCUT2D eigenvalue weighted by atomic mass is 9.95. The predicted octanol–water partition coefficient (Wildman–Crippen LogP) is 3.38. The van der Waals surface area contributed by atoms with E-state index in [0.29, 0.717) is 0 Å². The lowest BCUT2D eigenvalue weighted by Gasteiger charge is -2.36. The van der Waals surface area contributed by atoms with Crippen LogP contribution in [0, 0.1) is 13.8 Å². The fourth-order valence-corrected chi connectivity index (χ4v) is 3.43. The maximum Gasteiger partial charge on any atom is 0.146 e. The zero-order valence-electron chi connectivity index (χ0n) is 12.2. The molecule has 4 heterocycles.